The Labute approximate surface area is 146 Å². The zero-order chi connectivity index (χ0) is 17.9. The van der Waals surface area contributed by atoms with E-state index in [1.165, 1.54) is 19.3 Å². The average molecular weight is 340 g/mol. The van der Waals surface area contributed by atoms with Gasteiger partial charge >= 0.3 is 0 Å². The number of allylic oxidation sites excluding steroid dienone is 1. The lowest BCUT2D eigenvalue weighted by Crippen LogP contribution is -2.55. The molecule has 0 bridgehead atoms. The number of likely N-dealkylation sites (tertiary alicyclic amines) is 1. The van der Waals surface area contributed by atoms with Crippen molar-refractivity contribution < 1.29 is 4.43 Å². The van der Waals surface area contributed by atoms with E-state index < -0.39 is 8.32 Å². The van der Waals surface area contributed by atoms with E-state index in [0.29, 0.717) is 5.04 Å². The van der Waals surface area contributed by atoms with E-state index >= 15 is 0 Å². The maximum Gasteiger partial charge on any atom is 0.191 e. The molecule has 0 aromatic rings. The molecule has 0 N–H and O–H groups in total. The molecule has 23 heavy (non-hydrogen) atoms. The Morgan fingerprint density at radius 1 is 1.04 bits per heavy atom. The quantitative estimate of drug-likeness (QED) is 0.413. The Balaban J connectivity index is 2.44. The fourth-order valence-corrected chi connectivity index (χ4v) is 4.43. The second-order valence-corrected chi connectivity index (χ2v) is 14.8. The van der Waals surface area contributed by atoms with Gasteiger partial charge in [0.05, 0.1) is 0 Å². The monoisotopic (exact) mass is 339 g/mol. The van der Waals surface area contributed by atoms with Crippen molar-refractivity contribution in [2.45, 2.75) is 110 Å². The van der Waals surface area contributed by atoms with Crippen LogP contribution in [0.15, 0.2) is 12.3 Å². The average Bonchev–Trinajstić information content (AvgIpc) is 2.33. The standard InChI is InChI=1S/C20H41NOSi/c1-18(2,3)23(8,9)22-17-12-10-11-16-21-19(4,5)14-13-15-20(21,6)7/h11,16H,10,12-15,17H2,1-9H3/b16-11+. The third kappa shape index (κ3) is 5.63. The van der Waals surface area contributed by atoms with Gasteiger partial charge in [-0.25, -0.2) is 0 Å². The molecule has 0 spiro atoms. The van der Waals surface area contributed by atoms with Gasteiger partial charge in [-0.2, -0.15) is 0 Å². The second kappa shape index (κ2) is 7.31. The molecule has 1 fully saturated rings. The molecule has 0 aromatic heterocycles. The summed E-state index contributed by atoms with van der Waals surface area (Å²) in [4.78, 5) is 2.58. The van der Waals surface area contributed by atoms with Crippen molar-refractivity contribution in [1.82, 2.24) is 4.90 Å². The van der Waals surface area contributed by atoms with E-state index in [1.54, 1.807) is 0 Å². The Morgan fingerprint density at radius 3 is 2.04 bits per heavy atom. The summed E-state index contributed by atoms with van der Waals surface area (Å²) >= 11 is 0. The highest BCUT2D eigenvalue weighted by Crippen LogP contribution is 2.38. The largest absolute Gasteiger partial charge is 0.417 e. The first-order chi connectivity index (χ1) is 10.3. The van der Waals surface area contributed by atoms with E-state index in [9.17, 15) is 0 Å². The summed E-state index contributed by atoms with van der Waals surface area (Å²) in [6, 6.07) is 0. The first kappa shape index (κ1) is 20.8. The van der Waals surface area contributed by atoms with Gasteiger partial charge in [0.2, 0.25) is 0 Å². The van der Waals surface area contributed by atoms with Gasteiger partial charge in [-0.15, -0.1) is 0 Å². The van der Waals surface area contributed by atoms with Gasteiger partial charge in [0.25, 0.3) is 0 Å². The van der Waals surface area contributed by atoms with Crippen LogP contribution in [0, 0.1) is 0 Å². The zero-order valence-corrected chi connectivity index (χ0v) is 18.3. The van der Waals surface area contributed by atoms with Gasteiger partial charge in [0.1, 0.15) is 0 Å². The van der Waals surface area contributed by atoms with Gasteiger partial charge in [-0.05, 0) is 84.1 Å². The summed E-state index contributed by atoms with van der Waals surface area (Å²) < 4.78 is 6.26. The molecular weight excluding hydrogens is 298 g/mol. The van der Waals surface area contributed by atoms with E-state index in [1.807, 2.05) is 0 Å². The predicted molar refractivity (Wildman–Crippen MR) is 105 cm³/mol. The van der Waals surface area contributed by atoms with E-state index in [0.717, 1.165) is 19.4 Å². The zero-order valence-electron chi connectivity index (χ0n) is 17.3. The predicted octanol–water partition coefficient (Wildman–Crippen LogP) is 6.35. The summed E-state index contributed by atoms with van der Waals surface area (Å²) in [6.07, 6.45) is 10.8. The van der Waals surface area contributed by atoms with Gasteiger partial charge in [-0.1, -0.05) is 26.8 Å². The minimum absolute atomic E-state index is 0.274. The van der Waals surface area contributed by atoms with Crippen LogP contribution in [0.4, 0.5) is 0 Å². The maximum absolute atomic E-state index is 6.26. The van der Waals surface area contributed by atoms with Gasteiger partial charge < -0.3 is 9.33 Å². The minimum atomic E-state index is -1.58. The molecule has 0 aromatic carbocycles. The summed E-state index contributed by atoms with van der Waals surface area (Å²) in [6.45, 7) is 22.0. The number of hydrogen-bond acceptors (Lipinski definition) is 2. The summed E-state index contributed by atoms with van der Waals surface area (Å²) in [5.74, 6) is 0. The van der Waals surface area contributed by atoms with E-state index in [2.05, 4.69) is 78.7 Å². The summed E-state index contributed by atoms with van der Waals surface area (Å²) in [5, 5.41) is 0.310. The smallest absolute Gasteiger partial charge is 0.191 e. The first-order valence-electron chi connectivity index (χ1n) is 9.40. The van der Waals surface area contributed by atoms with E-state index in [-0.39, 0.29) is 11.1 Å². The lowest BCUT2D eigenvalue weighted by atomic mass is 9.80. The first-order valence-corrected chi connectivity index (χ1v) is 12.3. The SMILES string of the molecule is CC1(C)CCCC(C)(C)N1/C=C/CCCO[Si](C)(C)C(C)(C)C. The molecule has 2 nitrogen and oxygen atoms in total. The fourth-order valence-electron chi connectivity index (χ4n) is 3.34. The van der Waals surface area contributed by atoms with Crippen LogP contribution in [0.5, 0.6) is 0 Å². The van der Waals surface area contributed by atoms with Crippen LogP contribution in [0.1, 0.15) is 80.6 Å². The third-order valence-corrected chi connectivity index (χ3v) is 10.5. The fraction of sp³-hybridized carbons (Fsp3) is 0.900. The topological polar surface area (TPSA) is 12.5 Å². The molecule has 1 saturated heterocycles. The molecule has 3 heteroatoms. The van der Waals surface area contributed by atoms with Crippen LogP contribution in [-0.2, 0) is 4.43 Å². The van der Waals surface area contributed by atoms with Crippen molar-refractivity contribution in [3.05, 3.63) is 12.3 Å². The van der Waals surface area contributed by atoms with Crippen molar-refractivity contribution in [1.29, 1.82) is 0 Å². The van der Waals surface area contributed by atoms with Crippen molar-refractivity contribution in [2.75, 3.05) is 6.61 Å². The maximum atomic E-state index is 6.26. The third-order valence-electron chi connectivity index (χ3n) is 5.92. The molecule has 0 unspecified atom stereocenters. The number of hydrogen-bond donors (Lipinski definition) is 0. The molecule has 1 aliphatic rings. The minimum Gasteiger partial charge on any atom is -0.417 e. The highest BCUT2D eigenvalue weighted by molar-refractivity contribution is 6.74. The molecule has 1 aliphatic heterocycles. The van der Waals surface area contributed by atoms with Crippen molar-refractivity contribution in [2.24, 2.45) is 0 Å². The number of unbranched alkanes of at least 4 members (excludes halogenated alkanes) is 1. The molecule has 1 rings (SSSR count). The molecule has 0 aliphatic carbocycles. The number of rotatable bonds is 6. The molecule has 0 atom stereocenters. The lowest BCUT2D eigenvalue weighted by molar-refractivity contribution is 0.0188. The van der Waals surface area contributed by atoms with Crippen LogP contribution in [0.2, 0.25) is 18.1 Å². The van der Waals surface area contributed by atoms with Crippen molar-refractivity contribution >= 4 is 8.32 Å². The van der Waals surface area contributed by atoms with Crippen molar-refractivity contribution in [3.63, 3.8) is 0 Å². The lowest BCUT2D eigenvalue weighted by Gasteiger charge is -2.52. The highest BCUT2D eigenvalue weighted by Gasteiger charge is 2.39. The van der Waals surface area contributed by atoms with Crippen LogP contribution in [0.3, 0.4) is 0 Å². The molecule has 1 heterocycles. The van der Waals surface area contributed by atoms with Gasteiger partial charge in [-0.3, -0.25) is 0 Å². The van der Waals surface area contributed by atoms with Crippen LogP contribution in [-0.4, -0.2) is 30.9 Å². The van der Waals surface area contributed by atoms with Crippen LogP contribution < -0.4 is 0 Å². The molecule has 0 saturated carbocycles. The molecular formula is C20H41NOSi. The second-order valence-electron chi connectivity index (χ2n) is 9.98. The Kier molecular flexibility index (Phi) is 6.60. The highest BCUT2D eigenvalue weighted by atomic mass is 28.4. The van der Waals surface area contributed by atoms with E-state index in [4.69, 9.17) is 4.43 Å². The Bertz CT molecular complexity index is 388. The molecule has 0 radical (unpaired) electrons. The summed E-state index contributed by atoms with van der Waals surface area (Å²) in [5.41, 5.74) is 0.547. The number of nitrogens with zero attached hydrogens (tertiary/aromatic N) is 1. The van der Waals surface area contributed by atoms with Crippen LogP contribution in [0.25, 0.3) is 0 Å². The van der Waals surface area contributed by atoms with Gasteiger partial charge in [0, 0.05) is 17.7 Å². The number of piperidine rings is 1. The molecule has 136 valence electrons. The normalized spacial score (nSPS) is 21.9. The van der Waals surface area contributed by atoms with Crippen molar-refractivity contribution in [3.8, 4) is 0 Å². The van der Waals surface area contributed by atoms with Crippen LogP contribution >= 0.6 is 0 Å². The summed E-state index contributed by atoms with van der Waals surface area (Å²) in [7, 11) is -1.58. The Morgan fingerprint density at radius 2 is 1.57 bits per heavy atom. The molecule has 0 amide bonds. The van der Waals surface area contributed by atoms with Gasteiger partial charge in [0.15, 0.2) is 8.32 Å². The Hall–Kier alpha value is -0.283.